The molecule has 0 saturated carbocycles. The lowest BCUT2D eigenvalue weighted by Gasteiger charge is -2.13. The van der Waals surface area contributed by atoms with Crippen molar-refractivity contribution in [1.29, 1.82) is 0 Å². The quantitative estimate of drug-likeness (QED) is 0.352. The van der Waals surface area contributed by atoms with Gasteiger partial charge >= 0.3 is 0 Å². The number of aliphatic hydroxyl groups excluding tert-OH is 1. The van der Waals surface area contributed by atoms with E-state index in [1.54, 1.807) is 0 Å². The monoisotopic (exact) mass is 321 g/mol. The Hall–Kier alpha value is -1.59. The number of benzene rings is 1. The van der Waals surface area contributed by atoms with Gasteiger partial charge in [0, 0.05) is 26.3 Å². The van der Waals surface area contributed by atoms with E-state index >= 15 is 0 Å². The molecule has 1 atom stereocenters. The summed E-state index contributed by atoms with van der Waals surface area (Å²) in [5, 5.41) is 16.7. The summed E-state index contributed by atoms with van der Waals surface area (Å²) in [4.78, 5) is 4.46. The Morgan fingerprint density at radius 2 is 1.91 bits per heavy atom. The van der Waals surface area contributed by atoms with E-state index < -0.39 is 6.10 Å². The predicted molar refractivity (Wildman–Crippen MR) is 95.8 cm³/mol. The first-order chi connectivity index (χ1) is 11.2. The lowest BCUT2D eigenvalue weighted by Crippen LogP contribution is -2.38. The third-order valence-corrected chi connectivity index (χ3v) is 3.44. The lowest BCUT2D eigenvalue weighted by molar-refractivity contribution is 0.143. The van der Waals surface area contributed by atoms with Gasteiger partial charge in [-0.3, -0.25) is 4.99 Å². The van der Waals surface area contributed by atoms with Crippen LogP contribution in [0.2, 0.25) is 0 Å². The zero-order valence-corrected chi connectivity index (χ0v) is 14.6. The molecular formula is C18H31N3O2. The molecule has 0 aliphatic heterocycles. The molecule has 3 N–H and O–H groups in total. The van der Waals surface area contributed by atoms with Crippen LogP contribution in [0.15, 0.2) is 29.3 Å². The van der Waals surface area contributed by atoms with Crippen molar-refractivity contribution in [3.05, 3.63) is 35.4 Å². The number of aliphatic imine (C=N–C) groups is 1. The van der Waals surface area contributed by atoms with E-state index in [-0.39, 0.29) is 0 Å². The van der Waals surface area contributed by atoms with Crippen LogP contribution in [-0.2, 0) is 4.74 Å². The van der Waals surface area contributed by atoms with Crippen LogP contribution >= 0.6 is 0 Å². The van der Waals surface area contributed by atoms with Gasteiger partial charge < -0.3 is 20.5 Å². The number of hydrogen-bond acceptors (Lipinski definition) is 3. The minimum absolute atomic E-state index is 0.345. The standard InChI is InChI=1S/C18H31N3O2/c1-4-19-18(20-12-6-7-13-23-5-2)21-14-17(22)16-10-8-15(3)9-11-16/h8-11,17,22H,4-7,12-14H2,1-3H3,(H2,19,20,21). The number of aryl methyl sites for hydroxylation is 1. The lowest BCUT2D eigenvalue weighted by atomic mass is 10.1. The Morgan fingerprint density at radius 1 is 1.17 bits per heavy atom. The van der Waals surface area contributed by atoms with E-state index in [4.69, 9.17) is 4.74 Å². The largest absolute Gasteiger partial charge is 0.386 e. The molecule has 0 saturated heterocycles. The molecule has 23 heavy (non-hydrogen) atoms. The molecular weight excluding hydrogens is 290 g/mol. The minimum Gasteiger partial charge on any atom is -0.386 e. The summed E-state index contributed by atoms with van der Waals surface area (Å²) < 4.78 is 5.32. The van der Waals surface area contributed by atoms with Crippen LogP contribution in [0, 0.1) is 6.92 Å². The molecule has 1 unspecified atom stereocenters. The van der Waals surface area contributed by atoms with Crippen molar-refractivity contribution in [1.82, 2.24) is 10.6 Å². The zero-order chi connectivity index (χ0) is 16.9. The number of aliphatic hydroxyl groups is 1. The minimum atomic E-state index is -0.580. The molecule has 0 aromatic heterocycles. The van der Waals surface area contributed by atoms with Gasteiger partial charge in [-0.2, -0.15) is 0 Å². The number of ether oxygens (including phenoxy) is 1. The van der Waals surface area contributed by atoms with Gasteiger partial charge in [-0.1, -0.05) is 29.8 Å². The third-order valence-electron chi connectivity index (χ3n) is 3.44. The number of nitrogens with one attached hydrogen (secondary N) is 2. The Labute approximate surface area is 140 Å². The fourth-order valence-electron chi connectivity index (χ4n) is 2.09. The topological polar surface area (TPSA) is 65.9 Å². The molecule has 5 heteroatoms. The van der Waals surface area contributed by atoms with Gasteiger partial charge in [-0.05, 0) is 39.2 Å². The second kappa shape index (κ2) is 11.9. The molecule has 1 aromatic rings. The number of guanidine groups is 1. The van der Waals surface area contributed by atoms with Gasteiger partial charge in [0.05, 0.1) is 12.6 Å². The summed E-state index contributed by atoms with van der Waals surface area (Å²) in [6.07, 6.45) is 1.49. The SMILES string of the molecule is CCNC(=NCC(O)c1ccc(C)cc1)NCCCCOCC. The van der Waals surface area contributed by atoms with Crippen molar-refractivity contribution in [2.75, 3.05) is 32.8 Å². The molecule has 0 spiro atoms. The van der Waals surface area contributed by atoms with E-state index in [2.05, 4.69) is 15.6 Å². The summed E-state index contributed by atoms with van der Waals surface area (Å²) in [5.74, 6) is 0.745. The molecule has 0 heterocycles. The first kappa shape index (κ1) is 19.5. The molecule has 5 nitrogen and oxygen atoms in total. The van der Waals surface area contributed by atoms with Gasteiger partial charge in [0.1, 0.15) is 0 Å². The number of unbranched alkanes of at least 4 members (excludes halogenated alkanes) is 1. The van der Waals surface area contributed by atoms with Crippen LogP contribution in [0.4, 0.5) is 0 Å². The van der Waals surface area contributed by atoms with Crippen molar-refractivity contribution in [3.8, 4) is 0 Å². The molecule has 0 aliphatic rings. The molecule has 0 aliphatic carbocycles. The van der Waals surface area contributed by atoms with Crippen molar-refractivity contribution in [2.24, 2.45) is 4.99 Å². The molecule has 0 amide bonds. The van der Waals surface area contributed by atoms with Crippen molar-refractivity contribution in [2.45, 2.75) is 39.7 Å². The normalized spacial score (nSPS) is 13.0. The van der Waals surface area contributed by atoms with Gasteiger partial charge in [-0.25, -0.2) is 0 Å². The Bertz CT molecular complexity index is 446. The van der Waals surface area contributed by atoms with Crippen LogP contribution in [0.3, 0.4) is 0 Å². The van der Waals surface area contributed by atoms with Gasteiger partial charge in [0.2, 0.25) is 0 Å². The number of nitrogens with zero attached hydrogens (tertiary/aromatic N) is 1. The van der Waals surface area contributed by atoms with Crippen molar-refractivity contribution < 1.29 is 9.84 Å². The van der Waals surface area contributed by atoms with Crippen LogP contribution in [0.1, 0.15) is 43.9 Å². The third kappa shape index (κ3) is 8.57. The Kier molecular flexibility index (Phi) is 10.1. The van der Waals surface area contributed by atoms with E-state index in [0.29, 0.717) is 6.54 Å². The summed E-state index contributed by atoms with van der Waals surface area (Å²) in [6, 6.07) is 7.90. The van der Waals surface area contributed by atoms with Crippen molar-refractivity contribution in [3.63, 3.8) is 0 Å². The number of rotatable bonds is 10. The first-order valence-electron chi connectivity index (χ1n) is 8.51. The van der Waals surface area contributed by atoms with Gasteiger partial charge in [-0.15, -0.1) is 0 Å². The summed E-state index contributed by atoms with van der Waals surface area (Å²) in [7, 11) is 0. The maximum atomic E-state index is 10.2. The summed E-state index contributed by atoms with van der Waals surface area (Å²) in [5.41, 5.74) is 2.08. The second-order valence-corrected chi connectivity index (χ2v) is 5.48. The van der Waals surface area contributed by atoms with E-state index in [0.717, 1.165) is 50.7 Å². The van der Waals surface area contributed by atoms with Crippen molar-refractivity contribution >= 4 is 5.96 Å². The fraction of sp³-hybridized carbons (Fsp3) is 0.611. The van der Waals surface area contributed by atoms with E-state index in [9.17, 15) is 5.11 Å². The van der Waals surface area contributed by atoms with Gasteiger partial charge in [0.25, 0.3) is 0 Å². The first-order valence-corrected chi connectivity index (χ1v) is 8.51. The highest BCUT2D eigenvalue weighted by Gasteiger charge is 2.07. The van der Waals surface area contributed by atoms with E-state index in [1.807, 2.05) is 45.0 Å². The fourth-order valence-corrected chi connectivity index (χ4v) is 2.09. The highest BCUT2D eigenvalue weighted by molar-refractivity contribution is 5.79. The molecule has 0 radical (unpaired) electrons. The van der Waals surface area contributed by atoms with Crippen LogP contribution in [0.25, 0.3) is 0 Å². The predicted octanol–water partition coefficient (Wildman–Crippen LogP) is 2.40. The molecule has 0 fully saturated rings. The highest BCUT2D eigenvalue weighted by atomic mass is 16.5. The average molecular weight is 321 g/mol. The van der Waals surface area contributed by atoms with Crippen LogP contribution < -0.4 is 10.6 Å². The summed E-state index contributed by atoms with van der Waals surface area (Å²) >= 11 is 0. The van der Waals surface area contributed by atoms with E-state index in [1.165, 1.54) is 5.56 Å². The average Bonchev–Trinajstić information content (AvgIpc) is 2.56. The molecule has 1 rings (SSSR count). The highest BCUT2D eigenvalue weighted by Crippen LogP contribution is 2.13. The molecule has 1 aromatic carbocycles. The Morgan fingerprint density at radius 3 is 2.57 bits per heavy atom. The van der Waals surface area contributed by atoms with Crippen LogP contribution in [-0.4, -0.2) is 43.9 Å². The zero-order valence-electron chi connectivity index (χ0n) is 14.6. The maximum absolute atomic E-state index is 10.2. The van der Waals surface area contributed by atoms with Crippen LogP contribution in [0.5, 0.6) is 0 Å². The molecule has 0 bridgehead atoms. The second-order valence-electron chi connectivity index (χ2n) is 5.48. The number of hydrogen-bond donors (Lipinski definition) is 3. The smallest absolute Gasteiger partial charge is 0.191 e. The maximum Gasteiger partial charge on any atom is 0.191 e. The Balaban J connectivity index is 2.39. The van der Waals surface area contributed by atoms with Gasteiger partial charge in [0.15, 0.2) is 5.96 Å². The molecule has 130 valence electrons. The summed E-state index contributed by atoms with van der Waals surface area (Å²) in [6.45, 7) is 9.64.